The molecule has 0 aliphatic carbocycles. The molecule has 2 fully saturated rings. The molecule has 6 nitrogen and oxygen atoms in total. The molecule has 162 valence electrons. The van der Waals surface area contributed by atoms with Crippen molar-refractivity contribution in [3.05, 3.63) is 47.9 Å². The van der Waals surface area contributed by atoms with Crippen LogP contribution in [0.25, 0.3) is 11.0 Å². The van der Waals surface area contributed by atoms with E-state index < -0.39 is 16.4 Å². The molecule has 2 aliphatic heterocycles. The van der Waals surface area contributed by atoms with E-state index in [2.05, 4.69) is 19.9 Å². The first kappa shape index (κ1) is 20.6. The van der Waals surface area contributed by atoms with Gasteiger partial charge >= 0.3 is 3.93 Å². The Hall–Kier alpha value is -2.31. The quantitative estimate of drug-likeness (QED) is 0.270. The minimum atomic E-state index is -3.11. The van der Waals surface area contributed by atoms with Gasteiger partial charge in [0, 0.05) is 60.1 Å². The van der Waals surface area contributed by atoms with Gasteiger partial charge in [-0.2, -0.15) is 18.7 Å². The molecule has 0 bridgehead atoms. The van der Waals surface area contributed by atoms with E-state index in [-0.39, 0.29) is 30.6 Å². The SMILES string of the molecule is FC1(F)CCN(c2nc(N3CCC3c3cccnc3C(F)(F)I)c3cccnc3n2)C1. The Kier molecular flexibility index (Phi) is 4.90. The fourth-order valence-corrected chi connectivity index (χ4v) is 4.54. The van der Waals surface area contributed by atoms with Crippen molar-refractivity contribution in [3.63, 3.8) is 0 Å². The summed E-state index contributed by atoms with van der Waals surface area (Å²) in [6.07, 6.45) is 3.31. The second-order valence-electron chi connectivity index (χ2n) is 7.69. The standard InChI is InChI=1S/C20H17F4IN6/c21-19(22)6-10-30(11-19)18-28-16-13(4-2-8-27-16)17(29-18)31-9-5-14(31)12-3-1-7-26-15(12)20(23,24)25/h1-4,7-8,14H,5-6,9-11H2. The first-order valence-corrected chi connectivity index (χ1v) is 10.9. The fourth-order valence-electron chi connectivity index (χ4n) is 4.09. The normalized spacial score (nSPS) is 20.9. The number of anilines is 2. The van der Waals surface area contributed by atoms with Crippen LogP contribution in [0.2, 0.25) is 0 Å². The molecule has 1 atom stereocenters. The maximum atomic E-state index is 14.2. The maximum Gasteiger partial charge on any atom is 0.338 e. The van der Waals surface area contributed by atoms with Gasteiger partial charge in [0.15, 0.2) is 5.65 Å². The van der Waals surface area contributed by atoms with Crippen LogP contribution < -0.4 is 9.80 Å². The van der Waals surface area contributed by atoms with Crippen molar-refractivity contribution in [2.24, 2.45) is 0 Å². The first-order chi connectivity index (χ1) is 14.7. The first-order valence-electron chi connectivity index (χ1n) is 9.77. The van der Waals surface area contributed by atoms with Crippen LogP contribution in [0.5, 0.6) is 0 Å². The smallest absolute Gasteiger partial charge is 0.338 e. The maximum absolute atomic E-state index is 14.2. The molecule has 31 heavy (non-hydrogen) atoms. The highest BCUT2D eigenvalue weighted by Gasteiger charge is 2.42. The topological polar surface area (TPSA) is 58.0 Å². The summed E-state index contributed by atoms with van der Waals surface area (Å²) in [5, 5.41) is 0.647. The number of nitrogens with zero attached hydrogens (tertiary/aromatic N) is 6. The third-order valence-corrected chi connectivity index (χ3v) is 6.16. The summed E-state index contributed by atoms with van der Waals surface area (Å²) in [6.45, 7) is 0.270. The van der Waals surface area contributed by atoms with E-state index in [1.807, 2.05) is 4.90 Å². The van der Waals surface area contributed by atoms with Crippen LogP contribution in [0.15, 0.2) is 36.7 Å². The lowest BCUT2D eigenvalue weighted by molar-refractivity contribution is 0.0256. The van der Waals surface area contributed by atoms with Crippen LogP contribution in [0.3, 0.4) is 0 Å². The van der Waals surface area contributed by atoms with Gasteiger partial charge < -0.3 is 9.80 Å². The highest BCUT2D eigenvalue weighted by molar-refractivity contribution is 14.1. The Morgan fingerprint density at radius 1 is 1.06 bits per heavy atom. The van der Waals surface area contributed by atoms with Gasteiger partial charge in [-0.25, -0.2) is 13.8 Å². The number of aromatic nitrogens is 4. The Bertz CT molecular complexity index is 1140. The molecule has 0 spiro atoms. The largest absolute Gasteiger partial charge is 0.349 e. The fraction of sp³-hybridized carbons (Fsp3) is 0.400. The zero-order valence-electron chi connectivity index (χ0n) is 16.2. The molecule has 5 rings (SSSR count). The third kappa shape index (κ3) is 3.76. The monoisotopic (exact) mass is 544 g/mol. The Labute approximate surface area is 188 Å². The number of rotatable bonds is 4. The van der Waals surface area contributed by atoms with Crippen LogP contribution in [0.1, 0.15) is 30.1 Å². The Morgan fingerprint density at radius 3 is 2.52 bits per heavy atom. The molecule has 0 N–H and O–H groups in total. The Balaban J connectivity index is 1.58. The molecule has 0 saturated carbocycles. The molecule has 3 aromatic rings. The van der Waals surface area contributed by atoms with Crippen molar-refractivity contribution in [2.45, 2.75) is 28.7 Å². The van der Waals surface area contributed by atoms with Crippen LogP contribution in [-0.2, 0) is 3.93 Å². The average Bonchev–Trinajstić information content (AvgIpc) is 3.06. The number of fused-ring (bicyclic) bond motifs is 1. The molecular weight excluding hydrogens is 527 g/mol. The van der Waals surface area contributed by atoms with Gasteiger partial charge in [0.05, 0.1) is 18.0 Å². The van der Waals surface area contributed by atoms with E-state index in [0.717, 1.165) is 22.6 Å². The number of pyridine rings is 2. The van der Waals surface area contributed by atoms with Crippen molar-refractivity contribution in [1.29, 1.82) is 0 Å². The lowest BCUT2D eigenvalue weighted by Gasteiger charge is -2.43. The van der Waals surface area contributed by atoms with Crippen molar-refractivity contribution in [3.8, 4) is 0 Å². The molecule has 3 aromatic heterocycles. The van der Waals surface area contributed by atoms with Gasteiger partial charge in [-0.15, -0.1) is 0 Å². The summed E-state index contributed by atoms with van der Waals surface area (Å²) in [4.78, 5) is 20.5. The van der Waals surface area contributed by atoms with Gasteiger partial charge in [-0.3, -0.25) is 4.98 Å². The predicted molar refractivity (Wildman–Crippen MR) is 116 cm³/mol. The minimum Gasteiger partial charge on any atom is -0.349 e. The van der Waals surface area contributed by atoms with Crippen molar-refractivity contribution in [1.82, 2.24) is 19.9 Å². The number of alkyl halides is 5. The zero-order chi connectivity index (χ0) is 21.8. The lowest BCUT2D eigenvalue weighted by Crippen LogP contribution is -2.43. The van der Waals surface area contributed by atoms with E-state index in [1.165, 1.54) is 11.1 Å². The van der Waals surface area contributed by atoms with Crippen molar-refractivity contribution < 1.29 is 17.6 Å². The summed E-state index contributed by atoms with van der Waals surface area (Å²) in [7, 11) is 0. The molecule has 1 unspecified atom stereocenters. The van der Waals surface area contributed by atoms with Gasteiger partial charge in [0.1, 0.15) is 11.5 Å². The van der Waals surface area contributed by atoms with E-state index >= 15 is 0 Å². The van der Waals surface area contributed by atoms with E-state index in [9.17, 15) is 17.6 Å². The highest BCUT2D eigenvalue weighted by Crippen LogP contribution is 2.45. The van der Waals surface area contributed by atoms with E-state index in [1.54, 1.807) is 30.5 Å². The molecule has 5 heterocycles. The summed E-state index contributed by atoms with van der Waals surface area (Å²) in [6, 6.07) is 6.47. The molecule has 0 radical (unpaired) electrons. The van der Waals surface area contributed by atoms with E-state index in [4.69, 9.17) is 0 Å². The Morgan fingerprint density at radius 2 is 1.84 bits per heavy atom. The van der Waals surface area contributed by atoms with Gasteiger partial charge in [-0.05, 0) is 24.6 Å². The van der Waals surface area contributed by atoms with Crippen LogP contribution in [0.4, 0.5) is 29.3 Å². The van der Waals surface area contributed by atoms with Gasteiger partial charge in [0.25, 0.3) is 5.92 Å². The summed E-state index contributed by atoms with van der Waals surface area (Å²) < 4.78 is 52.7. The van der Waals surface area contributed by atoms with Crippen molar-refractivity contribution in [2.75, 3.05) is 29.4 Å². The summed E-state index contributed by atoms with van der Waals surface area (Å²) in [5.74, 6) is -2.11. The molecule has 11 heteroatoms. The predicted octanol–water partition coefficient (Wildman–Crippen LogP) is 4.70. The van der Waals surface area contributed by atoms with Crippen LogP contribution in [0, 0.1) is 0 Å². The molecule has 2 saturated heterocycles. The number of halogens is 5. The van der Waals surface area contributed by atoms with Gasteiger partial charge in [-0.1, -0.05) is 6.07 Å². The van der Waals surface area contributed by atoms with Crippen LogP contribution in [-0.4, -0.2) is 45.5 Å². The van der Waals surface area contributed by atoms with Gasteiger partial charge in [0.2, 0.25) is 5.95 Å². The molecular formula is C20H17F4IN6. The molecule has 2 aliphatic rings. The summed E-state index contributed by atoms with van der Waals surface area (Å²) >= 11 is 1.08. The minimum absolute atomic E-state index is 0.141. The molecule has 0 aromatic carbocycles. The lowest BCUT2D eigenvalue weighted by atomic mass is 9.93. The highest BCUT2D eigenvalue weighted by atomic mass is 127. The third-order valence-electron chi connectivity index (χ3n) is 5.65. The van der Waals surface area contributed by atoms with E-state index in [0.29, 0.717) is 35.4 Å². The number of hydrogen-bond donors (Lipinski definition) is 0. The zero-order valence-corrected chi connectivity index (χ0v) is 18.3. The second kappa shape index (κ2) is 7.38. The molecule has 0 amide bonds. The number of hydrogen-bond acceptors (Lipinski definition) is 6. The average molecular weight is 544 g/mol. The van der Waals surface area contributed by atoms with Crippen molar-refractivity contribution >= 4 is 45.4 Å². The van der Waals surface area contributed by atoms with Crippen LogP contribution >= 0.6 is 22.6 Å². The summed E-state index contributed by atoms with van der Waals surface area (Å²) in [5.41, 5.74) is 0.535. The second-order valence-corrected chi connectivity index (χ2v) is 9.04.